The van der Waals surface area contributed by atoms with Gasteiger partial charge in [-0.25, -0.2) is 19.7 Å². The summed E-state index contributed by atoms with van der Waals surface area (Å²) in [5, 5.41) is 12.3. The van der Waals surface area contributed by atoms with E-state index in [1.54, 1.807) is 12.3 Å². The van der Waals surface area contributed by atoms with Gasteiger partial charge in [-0.2, -0.15) is 0 Å². The van der Waals surface area contributed by atoms with Crippen LogP contribution in [0.5, 0.6) is 0 Å². The number of nitrogens with zero attached hydrogens (tertiary/aromatic N) is 5. The summed E-state index contributed by atoms with van der Waals surface area (Å²) in [6.07, 6.45) is 6.70. The Kier molecular flexibility index (Phi) is 5.21. The van der Waals surface area contributed by atoms with E-state index in [0.29, 0.717) is 29.8 Å². The van der Waals surface area contributed by atoms with Crippen molar-refractivity contribution in [3.8, 4) is 11.4 Å². The molecule has 0 radical (unpaired) electrons. The van der Waals surface area contributed by atoms with Gasteiger partial charge in [-0.1, -0.05) is 13.8 Å². The Labute approximate surface area is 151 Å². The third-order valence-corrected chi connectivity index (χ3v) is 3.71. The number of imidazole rings is 1. The van der Waals surface area contributed by atoms with Crippen molar-refractivity contribution in [1.82, 2.24) is 24.5 Å². The van der Waals surface area contributed by atoms with Crippen LogP contribution in [0.3, 0.4) is 0 Å². The molecule has 0 aromatic carbocycles. The summed E-state index contributed by atoms with van der Waals surface area (Å²) < 4.78 is 2.10. The van der Waals surface area contributed by atoms with Crippen molar-refractivity contribution in [3.63, 3.8) is 0 Å². The predicted molar refractivity (Wildman–Crippen MR) is 96.6 cm³/mol. The van der Waals surface area contributed by atoms with E-state index in [0.717, 1.165) is 12.2 Å². The second-order valence-corrected chi connectivity index (χ2v) is 6.29. The first-order chi connectivity index (χ1) is 12.5. The first-order valence-corrected chi connectivity index (χ1v) is 8.28. The van der Waals surface area contributed by atoms with Crippen LogP contribution in [0, 0.1) is 5.92 Å². The van der Waals surface area contributed by atoms with Gasteiger partial charge in [-0.05, 0) is 24.1 Å². The average Bonchev–Trinajstić information content (AvgIpc) is 3.06. The van der Waals surface area contributed by atoms with E-state index in [-0.39, 0.29) is 5.56 Å². The SMILES string of the molecule is CC(C)Cn1cncc1CNc1nccc(-c2cc(C(=O)O)ccn2)n1. The van der Waals surface area contributed by atoms with Crippen LogP contribution >= 0.6 is 0 Å². The van der Waals surface area contributed by atoms with Gasteiger partial charge in [0.05, 0.1) is 35.5 Å². The molecule has 3 heterocycles. The highest BCUT2D eigenvalue weighted by Gasteiger charge is 2.09. The largest absolute Gasteiger partial charge is 0.478 e. The molecule has 8 nitrogen and oxygen atoms in total. The quantitative estimate of drug-likeness (QED) is 0.673. The lowest BCUT2D eigenvalue weighted by atomic mass is 10.2. The molecule has 26 heavy (non-hydrogen) atoms. The van der Waals surface area contributed by atoms with Crippen LogP contribution in [0.4, 0.5) is 5.95 Å². The van der Waals surface area contributed by atoms with Crippen molar-refractivity contribution in [2.24, 2.45) is 5.92 Å². The van der Waals surface area contributed by atoms with Crippen molar-refractivity contribution < 1.29 is 9.90 Å². The molecule has 0 atom stereocenters. The highest BCUT2D eigenvalue weighted by molar-refractivity contribution is 5.88. The highest BCUT2D eigenvalue weighted by Crippen LogP contribution is 2.17. The molecule has 0 bridgehead atoms. The number of nitrogens with one attached hydrogen (secondary N) is 1. The topological polar surface area (TPSA) is 106 Å². The molecular formula is C18H20N6O2. The summed E-state index contributed by atoms with van der Waals surface area (Å²) in [7, 11) is 0. The van der Waals surface area contributed by atoms with Crippen LogP contribution < -0.4 is 5.32 Å². The Balaban J connectivity index is 1.75. The second kappa shape index (κ2) is 7.73. The molecular weight excluding hydrogens is 332 g/mol. The Morgan fingerprint density at radius 2 is 2.04 bits per heavy atom. The number of hydrogen-bond donors (Lipinski definition) is 2. The molecule has 3 aromatic rings. The van der Waals surface area contributed by atoms with E-state index >= 15 is 0 Å². The molecule has 134 valence electrons. The first kappa shape index (κ1) is 17.5. The maximum Gasteiger partial charge on any atom is 0.335 e. The highest BCUT2D eigenvalue weighted by atomic mass is 16.4. The van der Waals surface area contributed by atoms with Gasteiger partial charge in [0, 0.05) is 25.1 Å². The fourth-order valence-corrected chi connectivity index (χ4v) is 2.51. The van der Waals surface area contributed by atoms with E-state index in [9.17, 15) is 4.79 Å². The van der Waals surface area contributed by atoms with Gasteiger partial charge in [-0.15, -0.1) is 0 Å². The smallest absolute Gasteiger partial charge is 0.335 e. The van der Waals surface area contributed by atoms with Crippen molar-refractivity contribution in [1.29, 1.82) is 0 Å². The number of pyridine rings is 1. The van der Waals surface area contributed by atoms with Crippen molar-refractivity contribution in [2.45, 2.75) is 26.9 Å². The monoisotopic (exact) mass is 352 g/mol. The molecule has 0 aliphatic rings. The fourth-order valence-electron chi connectivity index (χ4n) is 2.51. The summed E-state index contributed by atoms with van der Waals surface area (Å²) in [6.45, 7) is 5.74. The van der Waals surface area contributed by atoms with Crippen LogP contribution in [0.2, 0.25) is 0 Å². The molecule has 3 rings (SSSR count). The van der Waals surface area contributed by atoms with Crippen LogP contribution in [0.25, 0.3) is 11.4 Å². The maximum atomic E-state index is 11.1. The number of aromatic carboxylic acids is 1. The number of hydrogen-bond acceptors (Lipinski definition) is 6. The number of aromatic nitrogens is 5. The van der Waals surface area contributed by atoms with Gasteiger partial charge in [0.15, 0.2) is 0 Å². The molecule has 0 aliphatic carbocycles. The summed E-state index contributed by atoms with van der Waals surface area (Å²) in [5.74, 6) is -0.0306. The number of anilines is 1. The standard InChI is InChI=1S/C18H20N6O2/c1-12(2)10-24-11-19-8-14(24)9-22-18-21-6-4-15(23-18)16-7-13(17(25)26)3-5-20-16/h3-8,11-12H,9-10H2,1-2H3,(H,25,26)(H,21,22,23). The van der Waals surface area contributed by atoms with E-state index in [4.69, 9.17) is 5.11 Å². The van der Waals surface area contributed by atoms with Gasteiger partial charge in [-0.3, -0.25) is 4.98 Å². The Bertz CT molecular complexity index is 906. The van der Waals surface area contributed by atoms with Crippen LogP contribution in [0.1, 0.15) is 29.9 Å². The number of carbonyl (C=O) groups is 1. The zero-order valence-corrected chi connectivity index (χ0v) is 14.6. The minimum Gasteiger partial charge on any atom is -0.478 e. The molecule has 0 unspecified atom stereocenters. The third-order valence-electron chi connectivity index (χ3n) is 3.71. The molecule has 8 heteroatoms. The zero-order valence-electron chi connectivity index (χ0n) is 14.6. The normalized spacial score (nSPS) is 10.9. The van der Waals surface area contributed by atoms with Gasteiger partial charge in [0.1, 0.15) is 0 Å². The Morgan fingerprint density at radius 3 is 2.81 bits per heavy atom. The van der Waals surface area contributed by atoms with Gasteiger partial charge >= 0.3 is 5.97 Å². The minimum absolute atomic E-state index is 0.167. The van der Waals surface area contributed by atoms with Crippen LogP contribution in [0.15, 0.2) is 43.1 Å². The lowest BCUT2D eigenvalue weighted by Gasteiger charge is -2.11. The molecule has 3 aromatic heterocycles. The average molecular weight is 352 g/mol. The van der Waals surface area contributed by atoms with Crippen LogP contribution in [-0.4, -0.2) is 35.6 Å². The fraction of sp³-hybridized carbons (Fsp3) is 0.278. The third kappa shape index (κ3) is 4.21. The first-order valence-electron chi connectivity index (χ1n) is 8.28. The molecule has 2 N–H and O–H groups in total. The van der Waals surface area contributed by atoms with Crippen molar-refractivity contribution >= 4 is 11.9 Å². The van der Waals surface area contributed by atoms with E-state index in [1.165, 1.54) is 18.3 Å². The minimum atomic E-state index is -1.00. The summed E-state index contributed by atoms with van der Waals surface area (Å²) >= 11 is 0. The van der Waals surface area contributed by atoms with Gasteiger partial charge < -0.3 is 15.0 Å². The van der Waals surface area contributed by atoms with E-state index in [1.807, 2.05) is 12.5 Å². The molecule has 0 amide bonds. The lowest BCUT2D eigenvalue weighted by molar-refractivity contribution is 0.0697. The van der Waals surface area contributed by atoms with Gasteiger partial charge in [0.25, 0.3) is 0 Å². The molecule has 0 aliphatic heterocycles. The summed E-state index contributed by atoms with van der Waals surface area (Å²) in [4.78, 5) is 28.1. The lowest BCUT2D eigenvalue weighted by Crippen LogP contribution is -2.11. The predicted octanol–water partition coefficient (Wildman–Crippen LogP) is 2.70. The molecule has 0 saturated heterocycles. The number of carboxylic acid groups (broad SMARTS) is 1. The summed E-state index contributed by atoms with van der Waals surface area (Å²) in [6, 6.07) is 4.64. The van der Waals surface area contributed by atoms with E-state index in [2.05, 4.69) is 43.7 Å². The molecule has 0 saturated carbocycles. The van der Waals surface area contributed by atoms with Crippen molar-refractivity contribution in [3.05, 3.63) is 54.4 Å². The Hall–Kier alpha value is -3.29. The number of rotatable bonds is 7. The Morgan fingerprint density at radius 1 is 1.23 bits per heavy atom. The second-order valence-electron chi connectivity index (χ2n) is 6.29. The van der Waals surface area contributed by atoms with Crippen molar-refractivity contribution in [2.75, 3.05) is 5.32 Å². The van der Waals surface area contributed by atoms with Crippen LogP contribution in [-0.2, 0) is 13.1 Å². The zero-order chi connectivity index (χ0) is 18.5. The van der Waals surface area contributed by atoms with Gasteiger partial charge in [0.2, 0.25) is 5.95 Å². The summed E-state index contributed by atoms with van der Waals surface area (Å²) in [5.41, 5.74) is 2.25. The van der Waals surface area contributed by atoms with E-state index < -0.39 is 5.97 Å². The maximum absolute atomic E-state index is 11.1. The molecule has 0 fully saturated rings. The number of carboxylic acids is 1. The molecule has 0 spiro atoms.